The van der Waals surface area contributed by atoms with Crippen LogP contribution in [-0.4, -0.2) is 23.2 Å². The van der Waals surface area contributed by atoms with Crippen molar-refractivity contribution in [1.29, 1.82) is 0 Å². The molecule has 0 saturated heterocycles. The number of unbranched alkanes of at least 4 members (excludes halogenated alkanes) is 2. The number of pyridine rings is 1. The van der Waals surface area contributed by atoms with Gasteiger partial charge < -0.3 is 10.4 Å². The van der Waals surface area contributed by atoms with Crippen molar-refractivity contribution in [3.8, 4) is 0 Å². The maximum atomic E-state index is 8.61. The first-order valence-electron chi connectivity index (χ1n) is 4.90. The molecule has 0 spiro atoms. The number of halogens is 2. The minimum Gasteiger partial charge on any atom is -0.396 e. The van der Waals surface area contributed by atoms with Crippen molar-refractivity contribution in [1.82, 2.24) is 4.98 Å². The van der Waals surface area contributed by atoms with Crippen molar-refractivity contribution in [3.05, 3.63) is 21.2 Å². The van der Waals surface area contributed by atoms with Crippen molar-refractivity contribution in [2.75, 3.05) is 18.5 Å². The van der Waals surface area contributed by atoms with Gasteiger partial charge in [-0.25, -0.2) is 4.98 Å². The number of aliphatic hydroxyl groups is 1. The Kier molecular flexibility index (Phi) is 6.20. The molecular formula is C10H14Br2N2O. The van der Waals surface area contributed by atoms with Crippen LogP contribution >= 0.6 is 31.9 Å². The molecule has 0 aliphatic heterocycles. The predicted molar refractivity (Wildman–Crippen MR) is 69.1 cm³/mol. The molecule has 0 amide bonds. The fourth-order valence-corrected chi connectivity index (χ4v) is 2.29. The average molecular weight is 338 g/mol. The van der Waals surface area contributed by atoms with Crippen LogP contribution in [0.25, 0.3) is 0 Å². The number of hydrogen-bond acceptors (Lipinski definition) is 3. The molecule has 0 aliphatic carbocycles. The smallest absolute Gasteiger partial charge is 0.140 e. The van der Waals surface area contributed by atoms with Gasteiger partial charge in [-0.1, -0.05) is 0 Å². The fraction of sp³-hybridized carbons (Fsp3) is 0.500. The van der Waals surface area contributed by atoms with Gasteiger partial charge in [0.15, 0.2) is 0 Å². The quantitative estimate of drug-likeness (QED) is 0.783. The van der Waals surface area contributed by atoms with Gasteiger partial charge in [-0.3, -0.25) is 0 Å². The molecule has 1 heterocycles. The van der Waals surface area contributed by atoms with E-state index in [0.29, 0.717) is 0 Å². The molecule has 0 unspecified atom stereocenters. The number of nitrogens with zero attached hydrogens (tertiary/aromatic N) is 1. The topological polar surface area (TPSA) is 45.1 Å². The first kappa shape index (κ1) is 12.9. The number of nitrogens with one attached hydrogen (secondary N) is 1. The van der Waals surface area contributed by atoms with Gasteiger partial charge in [-0.2, -0.15) is 0 Å². The Bertz CT molecular complexity index is 307. The van der Waals surface area contributed by atoms with E-state index >= 15 is 0 Å². The lowest BCUT2D eigenvalue weighted by Crippen LogP contribution is -2.04. The third-order valence-corrected chi connectivity index (χ3v) is 2.97. The van der Waals surface area contributed by atoms with E-state index in [1.165, 1.54) is 0 Å². The Labute approximate surface area is 107 Å². The molecule has 3 nitrogen and oxygen atoms in total. The molecule has 0 fully saturated rings. The predicted octanol–water partition coefficient (Wildman–Crippen LogP) is 3.18. The van der Waals surface area contributed by atoms with E-state index < -0.39 is 0 Å². The van der Waals surface area contributed by atoms with Crippen molar-refractivity contribution < 1.29 is 5.11 Å². The molecule has 0 aliphatic rings. The summed E-state index contributed by atoms with van der Waals surface area (Å²) in [7, 11) is 0. The van der Waals surface area contributed by atoms with Gasteiger partial charge in [0, 0.05) is 23.8 Å². The SMILES string of the molecule is OCCCCCNc1ncc(Br)cc1Br. The van der Waals surface area contributed by atoms with Gasteiger partial charge in [0.2, 0.25) is 0 Å². The van der Waals surface area contributed by atoms with Crippen molar-refractivity contribution in [2.24, 2.45) is 0 Å². The third kappa shape index (κ3) is 4.95. The Morgan fingerprint density at radius 2 is 2.07 bits per heavy atom. The number of aliphatic hydroxyl groups excluding tert-OH is 1. The van der Waals surface area contributed by atoms with E-state index in [-0.39, 0.29) is 6.61 Å². The lowest BCUT2D eigenvalue weighted by atomic mass is 10.2. The van der Waals surface area contributed by atoms with Gasteiger partial charge in [-0.15, -0.1) is 0 Å². The summed E-state index contributed by atoms with van der Waals surface area (Å²) in [5.74, 6) is 0.863. The van der Waals surface area contributed by atoms with Crippen molar-refractivity contribution >= 4 is 37.7 Å². The summed E-state index contributed by atoms with van der Waals surface area (Å²) in [5, 5.41) is 11.9. The van der Waals surface area contributed by atoms with Crippen LogP contribution in [0.15, 0.2) is 21.2 Å². The standard InChI is InChI=1S/C10H14Br2N2O/c11-8-6-9(12)10(14-7-8)13-4-2-1-3-5-15/h6-7,15H,1-5H2,(H,13,14). The fourth-order valence-electron chi connectivity index (χ4n) is 1.17. The van der Waals surface area contributed by atoms with E-state index in [0.717, 1.165) is 40.6 Å². The van der Waals surface area contributed by atoms with Gasteiger partial charge in [-0.05, 0) is 57.2 Å². The van der Waals surface area contributed by atoms with Crippen LogP contribution < -0.4 is 5.32 Å². The zero-order valence-corrected chi connectivity index (χ0v) is 11.5. The van der Waals surface area contributed by atoms with E-state index in [9.17, 15) is 0 Å². The lowest BCUT2D eigenvalue weighted by Gasteiger charge is -2.07. The van der Waals surface area contributed by atoms with Crippen LogP contribution in [0, 0.1) is 0 Å². The molecule has 5 heteroatoms. The van der Waals surface area contributed by atoms with Crippen LogP contribution in [0.4, 0.5) is 5.82 Å². The summed E-state index contributed by atoms with van der Waals surface area (Å²) in [4.78, 5) is 4.24. The largest absolute Gasteiger partial charge is 0.396 e. The van der Waals surface area contributed by atoms with Gasteiger partial charge >= 0.3 is 0 Å². The second-order valence-electron chi connectivity index (χ2n) is 3.20. The first-order valence-corrected chi connectivity index (χ1v) is 6.48. The monoisotopic (exact) mass is 336 g/mol. The van der Waals surface area contributed by atoms with Crippen LogP contribution in [0.2, 0.25) is 0 Å². The maximum Gasteiger partial charge on any atom is 0.140 e. The maximum absolute atomic E-state index is 8.61. The summed E-state index contributed by atoms with van der Waals surface area (Å²) >= 11 is 6.79. The summed E-state index contributed by atoms with van der Waals surface area (Å²) in [6.07, 6.45) is 4.72. The first-order chi connectivity index (χ1) is 7.24. The summed E-state index contributed by atoms with van der Waals surface area (Å²) in [5.41, 5.74) is 0. The number of anilines is 1. The van der Waals surface area contributed by atoms with E-state index in [1.54, 1.807) is 6.20 Å². The third-order valence-electron chi connectivity index (χ3n) is 1.94. The number of aromatic nitrogens is 1. The van der Waals surface area contributed by atoms with Gasteiger partial charge in [0.1, 0.15) is 5.82 Å². The molecule has 1 rings (SSSR count). The molecule has 1 aromatic heterocycles. The molecule has 0 saturated carbocycles. The average Bonchev–Trinajstić information content (AvgIpc) is 2.20. The van der Waals surface area contributed by atoms with Crippen LogP contribution in [0.3, 0.4) is 0 Å². The molecule has 0 atom stereocenters. The van der Waals surface area contributed by atoms with E-state index in [1.807, 2.05) is 6.07 Å². The van der Waals surface area contributed by atoms with Crippen LogP contribution in [-0.2, 0) is 0 Å². The van der Waals surface area contributed by atoms with Crippen LogP contribution in [0.5, 0.6) is 0 Å². The number of hydrogen-bond donors (Lipinski definition) is 2. The second kappa shape index (κ2) is 7.19. The molecular weight excluding hydrogens is 324 g/mol. The minimum atomic E-state index is 0.278. The molecule has 0 radical (unpaired) electrons. The summed E-state index contributed by atoms with van der Waals surface area (Å²) in [6.45, 7) is 1.16. The Hall–Kier alpha value is -0.130. The van der Waals surface area contributed by atoms with Crippen LogP contribution in [0.1, 0.15) is 19.3 Å². The zero-order valence-electron chi connectivity index (χ0n) is 8.34. The van der Waals surface area contributed by atoms with Gasteiger partial charge in [0.05, 0.1) is 4.47 Å². The highest BCUT2D eigenvalue weighted by Crippen LogP contribution is 2.23. The van der Waals surface area contributed by atoms with E-state index in [2.05, 4.69) is 42.2 Å². The minimum absolute atomic E-state index is 0.278. The highest BCUT2D eigenvalue weighted by atomic mass is 79.9. The lowest BCUT2D eigenvalue weighted by molar-refractivity contribution is 0.283. The molecule has 84 valence electrons. The Morgan fingerprint density at radius 1 is 1.27 bits per heavy atom. The van der Waals surface area contributed by atoms with Crippen molar-refractivity contribution in [2.45, 2.75) is 19.3 Å². The molecule has 0 aromatic carbocycles. The summed E-state index contributed by atoms with van der Waals surface area (Å²) in [6, 6.07) is 1.96. The normalized spacial score (nSPS) is 10.3. The zero-order chi connectivity index (χ0) is 11.1. The number of rotatable bonds is 6. The Morgan fingerprint density at radius 3 is 2.73 bits per heavy atom. The van der Waals surface area contributed by atoms with Crippen molar-refractivity contribution in [3.63, 3.8) is 0 Å². The molecule has 15 heavy (non-hydrogen) atoms. The highest BCUT2D eigenvalue weighted by molar-refractivity contribution is 9.11. The Balaban J connectivity index is 2.31. The molecule has 1 aromatic rings. The second-order valence-corrected chi connectivity index (χ2v) is 4.97. The molecule has 2 N–H and O–H groups in total. The highest BCUT2D eigenvalue weighted by Gasteiger charge is 2.00. The van der Waals surface area contributed by atoms with Gasteiger partial charge in [0.25, 0.3) is 0 Å². The van der Waals surface area contributed by atoms with E-state index in [4.69, 9.17) is 5.11 Å². The summed E-state index contributed by atoms with van der Waals surface area (Å²) < 4.78 is 1.92. The molecule has 0 bridgehead atoms.